The maximum absolute atomic E-state index is 10.8. The fourth-order valence-corrected chi connectivity index (χ4v) is 1.87. The highest BCUT2D eigenvalue weighted by Crippen LogP contribution is 2.35. The second-order valence-electron chi connectivity index (χ2n) is 2.58. The second kappa shape index (κ2) is 4.75. The highest BCUT2D eigenvalue weighted by atomic mass is 79.9. The molecule has 0 saturated carbocycles. The van der Waals surface area contributed by atoms with Gasteiger partial charge in [0.1, 0.15) is 5.75 Å². The Morgan fingerprint density at radius 3 is 2.57 bits per heavy atom. The Kier molecular flexibility index (Phi) is 3.89. The van der Waals surface area contributed by atoms with Gasteiger partial charge in [-0.15, -0.1) is 0 Å². The summed E-state index contributed by atoms with van der Waals surface area (Å²) >= 11 is 6.70. The molecule has 0 N–H and O–H groups in total. The summed E-state index contributed by atoms with van der Waals surface area (Å²) in [5.74, 6) is 0.152. The molecule has 0 aliphatic rings. The van der Waals surface area contributed by atoms with Crippen molar-refractivity contribution in [2.75, 3.05) is 0 Å². The lowest BCUT2D eigenvalue weighted by molar-refractivity contribution is -0.131. The maximum Gasteiger partial charge on any atom is 0.308 e. The van der Waals surface area contributed by atoms with Gasteiger partial charge in [0.2, 0.25) is 0 Å². The molecule has 0 bridgehead atoms. The van der Waals surface area contributed by atoms with E-state index in [-0.39, 0.29) is 5.97 Å². The number of hydrogen-bond donors (Lipinski definition) is 0. The van der Waals surface area contributed by atoms with Crippen molar-refractivity contribution in [3.05, 3.63) is 33.2 Å². The lowest BCUT2D eigenvalue weighted by atomic mass is 10.2. The first kappa shape index (κ1) is 11.5. The molecule has 0 aliphatic heterocycles. The summed E-state index contributed by atoms with van der Waals surface area (Å²) in [6.07, 6.45) is 1.71. The average molecular weight is 320 g/mol. The summed E-state index contributed by atoms with van der Waals surface area (Å²) in [5, 5.41) is 0. The van der Waals surface area contributed by atoms with Crippen LogP contribution in [0.2, 0.25) is 0 Å². The summed E-state index contributed by atoms with van der Waals surface area (Å²) in [6, 6.07) is 3.54. The Morgan fingerprint density at radius 2 is 2.07 bits per heavy atom. The molecule has 0 spiro atoms. The van der Waals surface area contributed by atoms with Crippen LogP contribution in [0.4, 0.5) is 0 Å². The SMILES string of the molecule is C=Cc1ccc(OC(C)=O)c(Br)c1Br. The molecule has 4 heteroatoms. The van der Waals surface area contributed by atoms with Crippen LogP contribution in [0.3, 0.4) is 0 Å². The zero-order valence-corrected chi connectivity index (χ0v) is 10.7. The van der Waals surface area contributed by atoms with Crippen molar-refractivity contribution in [2.24, 2.45) is 0 Å². The monoisotopic (exact) mass is 318 g/mol. The molecule has 0 saturated heterocycles. The molecule has 0 heterocycles. The van der Waals surface area contributed by atoms with Crippen LogP contribution >= 0.6 is 31.9 Å². The predicted molar refractivity (Wildman–Crippen MR) is 63.2 cm³/mol. The molecule has 1 rings (SSSR count). The van der Waals surface area contributed by atoms with Gasteiger partial charge in [-0.3, -0.25) is 4.79 Å². The fourth-order valence-electron chi connectivity index (χ4n) is 0.938. The third kappa shape index (κ3) is 2.45. The van der Waals surface area contributed by atoms with E-state index in [0.717, 1.165) is 10.0 Å². The normalized spacial score (nSPS) is 9.64. The maximum atomic E-state index is 10.8. The number of carbonyl (C=O) groups is 1. The van der Waals surface area contributed by atoms with Crippen molar-refractivity contribution in [1.82, 2.24) is 0 Å². The van der Waals surface area contributed by atoms with Gasteiger partial charge in [0, 0.05) is 11.4 Å². The molecule has 74 valence electrons. The predicted octanol–water partition coefficient (Wildman–Crippen LogP) is 3.78. The first-order valence-corrected chi connectivity index (χ1v) is 5.43. The molecule has 0 aromatic heterocycles. The molecule has 0 unspecified atom stereocenters. The van der Waals surface area contributed by atoms with Crippen LogP contribution in [-0.4, -0.2) is 5.97 Å². The van der Waals surface area contributed by atoms with Gasteiger partial charge in [-0.05, 0) is 43.5 Å². The minimum absolute atomic E-state index is 0.344. The molecule has 0 fully saturated rings. The number of hydrogen-bond acceptors (Lipinski definition) is 2. The van der Waals surface area contributed by atoms with Crippen molar-refractivity contribution in [2.45, 2.75) is 6.92 Å². The summed E-state index contributed by atoms with van der Waals surface area (Å²) in [4.78, 5) is 10.8. The molecule has 0 radical (unpaired) electrons. The molecule has 1 aromatic carbocycles. The molecular weight excluding hydrogens is 312 g/mol. The Hall–Kier alpha value is -0.610. The molecule has 2 nitrogen and oxygen atoms in total. The third-order valence-corrected chi connectivity index (χ3v) is 3.72. The molecule has 1 aromatic rings. The van der Waals surface area contributed by atoms with E-state index in [1.807, 2.05) is 6.07 Å². The van der Waals surface area contributed by atoms with Crippen molar-refractivity contribution < 1.29 is 9.53 Å². The number of esters is 1. The van der Waals surface area contributed by atoms with Gasteiger partial charge >= 0.3 is 5.97 Å². The summed E-state index contributed by atoms with van der Waals surface area (Å²) in [6.45, 7) is 5.03. The number of carbonyl (C=O) groups excluding carboxylic acids is 1. The topological polar surface area (TPSA) is 26.3 Å². The Morgan fingerprint density at radius 1 is 1.43 bits per heavy atom. The summed E-state index contributed by atoms with van der Waals surface area (Å²) in [7, 11) is 0. The number of ether oxygens (including phenoxy) is 1. The van der Waals surface area contributed by atoms with E-state index in [4.69, 9.17) is 4.74 Å². The van der Waals surface area contributed by atoms with Gasteiger partial charge < -0.3 is 4.74 Å². The van der Waals surface area contributed by atoms with E-state index in [2.05, 4.69) is 38.4 Å². The van der Waals surface area contributed by atoms with Crippen molar-refractivity contribution in [3.8, 4) is 5.75 Å². The minimum Gasteiger partial charge on any atom is -0.425 e. The number of benzene rings is 1. The van der Waals surface area contributed by atoms with Gasteiger partial charge in [0.05, 0.1) is 4.47 Å². The summed E-state index contributed by atoms with van der Waals surface area (Å²) in [5.41, 5.74) is 0.938. The van der Waals surface area contributed by atoms with Crippen molar-refractivity contribution in [3.63, 3.8) is 0 Å². The number of rotatable bonds is 2. The van der Waals surface area contributed by atoms with Gasteiger partial charge in [0.15, 0.2) is 0 Å². The Bertz CT molecular complexity index is 386. The largest absolute Gasteiger partial charge is 0.425 e. The van der Waals surface area contributed by atoms with Crippen LogP contribution in [0.25, 0.3) is 6.08 Å². The first-order chi connectivity index (χ1) is 6.56. The van der Waals surface area contributed by atoms with E-state index >= 15 is 0 Å². The highest BCUT2D eigenvalue weighted by molar-refractivity contribution is 9.13. The van der Waals surface area contributed by atoms with Gasteiger partial charge in [-0.2, -0.15) is 0 Å². The smallest absolute Gasteiger partial charge is 0.308 e. The quantitative estimate of drug-likeness (QED) is 0.612. The van der Waals surface area contributed by atoms with Gasteiger partial charge in [-0.25, -0.2) is 0 Å². The Labute approximate surface area is 99.2 Å². The van der Waals surface area contributed by atoms with E-state index in [0.29, 0.717) is 10.2 Å². The molecule has 0 atom stereocenters. The van der Waals surface area contributed by atoms with E-state index in [1.165, 1.54) is 6.92 Å². The van der Waals surface area contributed by atoms with Crippen LogP contribution in [-0.2, 0) is 4.79 Å². The zero-order valence-electron chi connectivity index (χ0n) is 7.51. The second-order valence-corrected chi connectivity index (χ2v) is 4.16. The minimum atomic E-state index is -0.344. The third-order valence-electron chi connectivity index (χ3n) is 1.55. The molecule has 14 heavy (non-hydrogen) atoms. The van der Waals surface area contributed by atoms with E-state index in [9.17, 15) is 4.79 Å². The van der Waals surface area contributed by atoms with Crippen LogP contribution in [0, 0.1) is 0 Å². The highest BCUT2D eigenvalue weighted by Gasteiger charge is 2.09. The van der Waals surface area contributed by atoms with Crippen LogP contribution in [0.5, 0.6) is 5.75 Å². The molecule has 0 aliphatic carbocycles. The number of halogens is 2. The van der Waals surface area contributed by atoms with Crippen molar-refractivity contribution in [1.29, 1.82) is 0 Å². The van der Waals surface area contributed by atoms with E-state index < -0.39 is 0 Å². The van der Waals surface area contributed by atoms with Crippen LogP contribution < -0.4 is 4.74 Å². The first-order valence-electron chi connectivity index (χ1n) is 3.85. The van der Waals surface area contributed by atoms with E-state index in [1.54, 1.807) is 12.1 Å². The lowest BCUT2D eigenvalue weighted by Crippen LogP contribution is -2.02. The lowest BCUT2D eigenvalue weighted by Gasteiger charge is -2.07. The molecular formula is C10H8Br2O2. The Balaban J connectivity index is 3.16. The average Bonchev–Trinajstić information content (AvgIpc) is 2.13. The van der Waals surface area contributed by atoms with Crippen molar-refractivity contribution >= 4 is 43.9 Å². The van der Waals surface area contributed by atoms with Gasteiger partial charge in [-0.1, -0.05) is 18.7 Å². The fraction of sp³-hybridized carbons (Fsp3) is 0.100. The summed E-state index contributed by atoms with van der Waals surface area (Å²) < 4.78 is 6.51. The standard InChI is InChI=1S/C10H8Br2O2/c1-3-7-4-5-8(14-6(2)13)10(12)9(7)11/h3-5H,1H2,2H3. The molecule has 0 amide bonds. The van der Waals surface area contributed by atoms with Crippen LogP contribution in [0.15, 0.2) is 27.7 Å². The van der Waals surface area contributed by atoms with Crippen LogP contribution in [0.1, 0.15) is 12.5 Å². The van der Waals surface area contributed by atoms with Gasteiger partial charge in [0.25, 0.3) is 0 Å². The zero-order chi connectivity index (χ0) is 10.7.